The molecule has 1 aliphatic heterocycles. The van der Waals surface area contributed by atoms with Crippen LogP contribution in [0.25, 0.3) is 0 Å². The highest BCUT2D eigenvalue weighted by Gasteiger charge is 2.30. The molecular weight excluding hydrogens is 234 g/mol. The molecule has 2 aliphatic rings. The molecule has 2 fully saturated rings. The van der Waals surface area contributed by atoms with E-state index in [0.29, 0.717) is 24.4 Å². The van der Waals surface area contributed by atoms with Crippen molar-refractivity contribution in [3.63, 3.8) is 0 Å². The molecule has 7 nitrogen and oxygen atoms in total. The summed E-state index contributed by atoms with van der Waals surface area (Å²) < 4.78 is 5.38. The molecule has 1 saturated carbocycles. The third kappa shape index (κ3) is 2.51. The van der Waals surface area contributed by atoms with Gasteiger partial charge in [0.05, 0.1) is 6.54 Å². The first-order chi connectivity index (χ1) is 8.72. The Morgan fingerprint density at radius 2 is 2.28 bits per heavy atom. The number of hydrogen-bond acceptors (Lipinski definition) is 6. The second-order valence-electron chi connectivity index (χ2n) is 5.00. The summed E-state index contributed by atoms with van der Waals surface area (Å²) in [5.41, 5.74) is 0. The van der Waals surface area contributed by atoms with Crippen LogP contribution in [0, 0.1) is 0 Å². The molecule has 1 amide bonds. The smallest absolute Gasteiger partial charge is 0.322 e. The van der Waals surface area contributed by atoms with Crippen LogP contribution in [0.2, 0.25) is 0 Å². The van der Waals surface area contributed by atoms with E-state index in [9.17, 15) is 4.79 Å². The summed E-state index contributed by atoms with van der Waals surface area (Å²) in [5, 5.41) is 13.6. The summed E-state index contributed by atoms with van der Waals surface area (Å²) >= 11 is 0. The van der Waals surface area contributed by atoms with Crippen molar-refractivity contribution in [3.05, 3.63) is 5.89 Å². The van der Waals surface area contributed by atoms with Crippen molar-refractivity contribution in [1.29, 1.82) is 0 Å². The number of amides is 1. The zero-order valence-corrected chi connectivity index (χ0v) is 10.3. The third-order valence-electron chi connectivity index (χ3n) is 3.39. The standard InChI is InChI=1S/C11H17N5O2/c1-16(8-4-12-5-8)6-9(17)13-11-15-14-10(18-11)7-2-3-7/h7-8,12H,2-6H2,1H3,(H,13,15,17). The molecule has 18 heavy (non-hydrogen) atoms. The van der Waals surface area contributed by atoms with Gasteiger partial charge in [-0.2, -0.15) is 0 Å². The van der Waals surface area contributed by atoms with E-state index in [0.717, 1.165) is 25.9 Å². The number of aromatic nitrogens is 2. The van der Waals surface area contributed by atoms with Crippen LogP contribution in [0.4, 0.5) is 6.01 Å². The molecule has 0 bridgehead atoms. The molecular formula is C11H17N5O2. The number of carbonyl (C=O) groups excluding carboxylic acids is 1. The van der Waals surface area contributed by atoms with Gasteiger partial charge >= 0.3 is 6.01 Å². The first-order valence-corrected chi connectivity index (χ1v) is 6.26. The van der Waals surface area contributed by atoms with E-state index in [1.54, 1.807) is 0 Å². The van der Waals surface area contributed by atoms with E-state index < -0.39 is 0 Å². The Hall–Kier alpha value is -1.47. The van der Waals surface area contributed by atoms with Crippen LogP contribution in [-0.2, 0) is 4.79 Å². The average molecular weight is 251 g/mol. The molecule has 0 radical (unpaired) electrons. The van der Waals surface area contributed by atoms with E-state index in [1.165, 1.54) is 0 Å². The van der Waals surface area contributed by atoms with Gasteiger partial charge in [0.25, 0.3) is 0 Å². The molecule has 2 heterocycles. The molecule has 7 heteroatoms. The van der Waals surface area contributed by atoms with Gasteiger partial charge in [0, 0.05) is 25.0 Å². The lowest BCUT2D eigenvalue weighted by molar-refractivity contribution is -0.117. The van der Waals surface area contributed by atoms with Gasteiger partial charge in [-0.3, -0.25) is 15.0 Å². The maximum atomic E-state index is 11.8. The van der Waals surface area contributed by atoms with Gasteiger partial charge in [-0.05, 0) is 19.9 Å². The molecule has 3 rings (SSSR count). The Labute approximate surface area is 105 Å². The number of carbonyl (C=O) groups is 1. The fourth-order valence-electron chi connectivity index (χ4n) is 1.88. The van der Waals surface area contributed by atoms with Crippen LogP contribution in [0.1, 0.15) is 24.7 Å². The van der Waals surface area contributed by atoms with E-state index in [1.807, 2.05) is 11.9 Å². The maximum Gasteiger partial charge on any atom is 0.322 e. The molecule has 98 valence electrons. The fourth-order valence-corrected chi connectivity index (χ4v) is 1.88. The fraction of sp³-hybridized carbons (Fsp3) is 0.727. The minimum atomic E-state index is -0.115. The van der Waals surface area contributed by atoms with Crippen LogP contribution in [0.3, 0.4) is 0 Å². The molecule has 1 saturated heterocycles. The van der Waals surface area contributed by atoms with Crippen LogP contribution < -0.4 is 10.6 Å². The topological polar surface area (TPSA) is 83.3 Å². The summed E-state index contributed by atoms with van der Waals surface area (Å²) in [7, 11) is 1.94. The van der Waals surface area contributed by atoms with Crippen LogP contribution in [-0.4, -0.2) is 53.7 Å². The van der Waals surface area contributed by atoms with Gasteiger partial charge in [0.15, 0.2) is 0 Å². The quantitative estimate of drug-likeness (QED) is 0.753. The number of hydrogen-bond donors (Lipinski definition) is 2. The molecule has 0 aromatic carbocycles. The van der Waals surface area contributed by atoms with Crippen molar-refractivity contribution in [3.8, 4) is 0 Å². The van der Waals surface area contributed by atoms with Gasteiger partial charge in [-0.1, -0.05) is 5.10 Å². The Kier molecular flexibility index (Phi) is 3.00. The van der Waals surface area contributed by atoms with Crippen molar-refractivity contribution >= 4 is 11.9 Å². The Morgan fingerprint density at radius 1 is 1.50 bits per heavy atom. The molecule has 2 N–H and O–H groups in total. The summed E-state index contributed by atoms with van der Waals surface area (Å²) in [5.74, 6) is 0.934. The minimum Gasteiger partial charge on any atom is -0.408 e. The average Bonchev–Trinajstić information content (AvgIpc) is 2.97. The van der Waals surface area contributed by atoms with Crippen LogP contribution in [0.5, 0.6) is 0 Å². The number of nitrogens with one attached hydrogen (secondary N) is 2. The van der Waals surface area contributed by atoms with Crippen molar-refractivity contribution in [1.82, 2.24) is 20.4 Å². The predicted molar refractivity (Wildman–Crippen MR) is 64.2 cm³/mol. The number of likely N-dealkylation sites (N-methyl/N-ethyl adjacent to an activating group) is 1. The maximum absolute atomic E-state index is 11.8. The number of rotatable bonds is 5. The Morgan fingerprint density at radius 3 is 2.89 bits per heavy atom. The zero-order chi connectivity index (χ0) is 12.5. The predicted octanol–water partition coefficient (Wildman–Crippen LogP) is -0.211. The van der Waals surface area contributed by atoms with Crippen molar-refractivity contribution < 1.29 is 9.21 Å². The van der Waals surface area contributed by atoms with Gasteiger partial charge < -0.3 is 9.73 Å². The lowest BCUT2D eigenvalue weighted by Crippen LogP contribution is -2.57. The van der Waals surface area contributed by atoms with Gasteiger partial charge in [0.1, 0.15) is 0 Å². The number of anilines is 1. The molecule has 0 unspecified atom stereocenters. The molecule has 0 atom stereocenters. The van der Waals surface area contributed by atoms with E-state index in [4.69, 9.17) is 4.42 Å². The van der Waals surface area contributed by atoms with Crippen molar-refractivity contribution in [2.75, 3.05) is 32.0 Å². The monoisotopic (exact) mass is 251 g/mol. The van der Waals surface area contributed by atoms with E-state index in [-0.39, 0.29) is 11.9 Å². The third-order valence-corrected chi connectivity index (χ3v) is 3.39. The second kappa shape index (κ2) is 4.66. The van der Waals surface area contributed by atoms with Crippen molar-refractivity contribution in [2.45, 2.75) is 24.8 Å². The first-order valence-electron chi connectivity index (χ1n) is 6.26. The highest BCUT2D eigenvalue weighted by molar-refractivity contribution is 5.90. The first kappa shape index (κ1) is 11.6. The van der Waals surface area contributed by atoms with E-state index >= 15 is 0 Å². The van der Waals surface area contributed by atoms with Gasteiger partial charge in [0.2, 0.25) is 11.8 Å². The SMILES string of the molecule is CN(CC(=O)Nc1nnc(C2CC2)o1)C1CNC1. The van der Waals surface area contributed by atoms with Crippen LogP contribution >= 0.6 is 0 Å². The molecule has 1 aliphatic carbocycles. The molecule has 0 spiro atoms. The zero-order valence-electron chi connectivity index (χ0n) is 10.3. The summed E-state index contributed by atoms with van der Waals surface area (Å²) in [4.78, 5) is 13.8. The summed E-state index contributed by atoms with van der Waals surface area (Å²) in [6.07, 6.45) is 2.21. The lowest BCUT2D eigenvalue weighted by atomic mass is 10.1. The highest BCUT2D eigenvalue weighted by atomic mass is 16.4. The van der Waals surface area contributed by atoms with Crippen LogP contribution in [0.15, 0.2) is 4.42 Å². The Bertz CT molecular complexity index is 438. The molecule has 1 aromatic rings. The largest absolute Gasteiger partial charge is 0.408 e. The highest BCUT2D eigenvalue weighted by Crippen LogP contribution is 2.39. The van der Waals surface area contributed by atoms with E-state index in [2.05, 4.69) is 20.8 Å². The number of nitrogens with zero attached hydrogens (tertiary/aromatic N) is 3. The molecule has 1 aromatic heterocycles. The summed E-state index contributed by atoms with van der Waals surface area (Å²) in [6.45, 7) is 2.22. The minimum absolute atomic E-state index is 0.115. The normalized spacial score (nSPS) is 19.9. The van der Waals surface area contributed by atoms with Gasteiger partial charge in [-0.15, -0.1) is 5.10 Å². The second-order valence-corrected chi connectivity index (χ2v) is 5.00. The lowest BCUT2D eigenvalue weighted by Gasteiger charge is -2.34. The Balaban J connectivity index is 1.49. The van der Waals surface area contributed by atoms with Gasteiger partial charge in [-0.25, -0.2) is 0 Å². The van der Waals surface area contributed by atoms with Crippen molar-refractivity contribution in [2.24, 2.45) is 0 Å². The summed E-state index contributed by atoms with van der Waals surface area (Å²) in [6, 6.07) is 0.655.